The van der Waals surface area contributed by atoms with Gasteiger partial charge in [-0.1, -0.05) is 12.1 Å². The lowest BCUT2D eigenvalue weighted by molar-refractivity contribution is 0.0546. The summed E-state index contributed by atoms with van der Waals surface area (Å²) in [5.41, 5.74) is 2.97. The van der Waals surface area contributed by atoms with Crippen LogP contribution in [0.25, 0.3) is 16.8 Å². The molecule has 12 heteroatoms. The van der Waals surface area contributed by atoms with Gasteiger partial charge in [-0.05, 0) is 50.8 Å². The highest BCUT2D eigenvalue weighted by atomic mass is 19.1. The van der Waals surface area contributed by atoms with Gasteiger partial charge in [0.15, 0.2) is 11.6 Å². The predicted molar refractivity (Wildman–Crippen MR) is 141 cm³/mol. The molecule has 0 aliphatic heterocycles. The van der Waals surface area contributed by atoms with Crippen LogP contribution in [0.2, 0.25) is 0 Å². The van der Waals surface area contributed by atoms with Gasteiger partial charge in [0, 0.05) is 28.8 Å². The van der Waals surface area contributed by atoms with Gasteiger partial charge < -0.3 is 25.2 Å². The topological polar surface area (TPSA) is 139 Å². The number of halogens is 1. The van der Waals surface area contributed by atoms with Gasteiger partial charge >= 0.3 is 6.09 Å². The Morgan fingerprint density at radius 1 is 1.28 bits per heavy atom. The van der Waals surface area contributed by atoms with Crippen molar-refractivity contribution in [2.75, 3.05) is 12.4 Å². The first kappa shape index (κ1) is 25.1. The highest BCUT2D eigenvalue weighted by molar-refractivity contribution is 5.76. The summed E-state index contributed by atoms with van der Waals surface area (Å²) in [6.45, 7) is 1.73. The van der Waals surface area contributed by atoms with Crippen molar-refractivity contribution in [3.8, 4) is 17.0 Å². The SMILES string of the molecule is COc1cccc(-c2cn3nc(CO)cc3c(Nc3cc([C@H]4CC[C@@H](OC(=O)NC5(C)CC5)[C@H]4F)[nH]n3)n2)c1. The van der Waals surface area contributed by atoms with Crippen LogP contribution in [0.5, 0.6) is 5.75 Å². The van der Waals surface area contributed by atoms with Gasteiger partial charge in [0.05, 0.1) is 31.3 Å². The number of alkyl carbamates (subject to hydrolysis) is 1. The number of nitrogens with zero attached hydrogens (tertiary/aromatic N) is 4. The fourth-order valence-corrected chi connectivity index (χ4v) is 4.94. The zero-order valence-electron chi connectivity index (χ0n) is 21.6. The number of ether oxygens (including phenoxy) is 2. The molecule has 3 aromatic heterocycles. The van der Waals surface area contributed by atoms with Crippen molar-refractivity contribution >= 4 is 23.2 Å². The number of hydrogen-bond donors (Lipinski definition) is 4. The molecule has 4 aromatic rings. The van der Waals surface area contributed by atoms with Crippen LogP contribution >= 0.6 is 0 Å². The Morgan fingerprint density at radius 2 is 2.13 bits per heavy atom. The molecule has 0 saturated heterocycles. The normalized spacial score (nSPS) is 21.6. The van der Waals surface area contributed by atoms with Crippen LogP contribution in [0.3, 0.4) is 0 Å². The van der Waals surface area contributed by atoms with E-state index in [2.05, 4.69) is 25.9 Å². The van der Waals surface area contributed by atoms with Gasteiger partial charge in [-0.15, -0.1) is 0 Å². The molecule has 0 bridgehead atoms. The Balaban J connectivity index is 1.22. The van der Waals surface area contributed by atoms with Crippen LogP contribution in [0.15, 0.2) is 42.6 Å². The molecule has 2 fully saturated rings. The molecule has 0 unspecified atom stereocenters. The summed E-state index contributed by atoms with van der Waals surface area (Å²) >= 11 is 0. The monoisotopic (exact) mass is 535 g/mol. The van der Waals surface area contributed by atoms with Crippen molar-refractivity contribution in [2.45, 2.75) is 62.9 Å². The van der Waals surface area contributed by atoms with Gasteiger partial charge in [0.1, 0.15) is 23.5 Å². The number of carbonyl (C=O) groups is 1. The maximum absolute atomic E-state index is 15.3. The standard InChI is InChI=1S/C27H30FN7O4/c1-27(8-9-27)31-26(37)39-22-7-6-18(24(22)28)19-12-23(33-32-19)30-25-21-11-16(14-36)34-35(21)13-20(29-25)15-4-3-5-17(10-15)38-2/h3-5,10-13,18,22,24,36H,6-9,14H2,1-2H3,(H,31,37)(H2,29,30,32,33)/t18-,22-,24+/m1/s1. The predicted octanol–water partition coefficient (Wildman–Crippen LogP) is 4.23. The minimum absolute atomic E-state index is 0.220. The van der Waals surface area contributed by atoms with Gasteiger partial charge in [0.25, 0.3) is 0 Å². The number of hydrogen-bond acceptors (Lipinski definition) is 8. The second-order valence-corrected chi connectivity index (χ2v) is 10.4. The quantitative estimate of drug-likeness (QED) is 0.263. The number of aliphatic hydroxyl groups excluding tert-OH is 1. The maximum Gasteiger partial charge on any atom is 0.407 e. The Bertz CT molecular complexity index is 1520. The maximum atomic E-state index is 15.3. The van der Waals surface area contributed by atoms with E-state index in [4.69, 9.17) is 14.5 Å². The molecule has 0 spiro atoms. The van der Waals surface area contributed by atoms with E-state index in [0.29, 0.717) is 52.8 Å². The van der Waals surface area contributed by atoms with Gasteiger partial charge in [-0.3, -0.25) is 5.10 Å². The molecular formula is C27H30FN7O4. The first-order valence-electron chi connectivity index (χ1n) is 12.9. The van der Waals surface area contributed by atoms with Crippen molar-refractivity contribution in [2.24, 2.45) is 0 Å². The molecule has 204 valence electrons. The summed E-state index contributed by atoms with van der Waals surface area (Å²) in [7, 11) is 1.60. The van der Waals surface area contributed by atoms with E-state index in [9.17, 15) is 9.90 Å². The Morgan fingerprint density at radius 3 is 2.90 bits per heavy atom. The van der Waals surface area contributed by atoms with Crippen LogP contribution < -0.4 is 15.4 Å². The fourth-order valence-electron chi connectivity index (χ4n) is 4.94. The largest absolute Gasteiger partial charge is 0.497 e. The van der Waals surface area contributed by atoms with E-state index in [0.717, 1.165) is 18.4 Å². The number of H-pyrrole nitrogens is 1. The lowest BCUT2D eigenvalue weighted by atomic mass is 10.0. The number of alkyl halides is 1. The minimum atomic E-state index is -1.35. The third kappa shape index (κ3) is 5.11. The highest BCUT2D eigenvalue weighted by Crippen LogP contribution is 2.39. The minimum Gasteiger partial charge on any atom is -0.497 e. The zero-order chi connectivity index (χ0) is 27.1. The average molecular weight is 536 g/mol. The van der Waals surface area contributed by atoms with Crippen molar-refractivity contribution < 1.29 is 23.8 Å². The second kappa shape index (κ2) is 9.84. The van der Waals surface area contributed by atoms with E-state index in [1.165, 1.54) is 0 Å². The molecule has 3 heterocycles. The molecule has 4 N–H and O–H groups in total. The van der Waals surface area contributed by atoms with Crippen LogP contribution in [-0.4, -0.2) is 60.9 Å². The van der Waals surface area contributed by atoms with E-state index in [-0.39, 0.29) is 12.1 Å². The number of benzene rings is 1. The summed E-state index contributed by atoms with van der Waals surface area (Å²) in [4.78, 5) is 17.0. The molecule has 2 saturated carbocycles. The number of methoxy groups -OCH3 is 1. The first-order chi connectivity index (χ1) is 18.8. The van der Waals surface area contributed by atoms with Crippen molar-refractivity contribution in [1.29, 1.82) is 0 Å². The number of amides is 1. The number of rotatable bonds is 8. The van der Waals surface area contributed by atoms with E-state index in [1.54, 1.807) is 30.0 Å². The first-order valence-corrected chi connectivity index (χ1v) is 12.9. The summed E-state index contributed by atoms with van der Waals surface area (Å²) in [6.07, 6.45) is 1.82. The molecule has 1 amide bonds. The van der Waals surface area contributed by atoms with Crippen molar-refractivity contribution in [3.05, 3.63) is 54.0 Å². The van der Waals surface area contributed by atoms with Crippen molar-refractivity contribution in [3.63, 3.8) is 0 Å². The summed E-state index contributed by atoms with van der Waals surface area (Å²) < 4.78 is 27.7. The number of anilines is 2. The summed E-state index contributed by atoms with van der Waals surface area (Å²) in [5.74, 6) is 1.13. The summed E-state index contributed by atoms with van der Waals surface area (Å²) in [5, 5.41) is 27.4. The molecule has 0 radical (unpaired) electrons. The second-order valence-electron chi connectivity index (χ2n) is 10.4. The number of aromatic amines is 1. The zero-order valence-corrected chi connectivity index (χ0v) is 21.6. The average Bonchev–Trinajstić information content (AvgIpc) is 3.28. The van der Waals surface area contributed by atoms with E-state index < -0.39 is 24.3 Å². The Labute approximate surface area is 223 Å². The fraction of sp³-hybridized carbons (Fsp3) is 0.407. The molecule has 2 aliphatic rings. The van der Waals surface area contributed by atoms with E-state index >= 15 is 4.39 Å². The lowest BCUT2D eigenvalue weighted by Gasteiger charge is -2.19. The van der Waals surface area contributed by atoms with Gasteiger partial charge in [-0.2, -0.15) is 10.2 Å². The van der Waals surface area contributed by atoms with Gasteiger partial charge in [-0.25, -0.2) is 18.7 Å². The Hall–Kier alpha value is -4.19. The number of carbonyl (C=O) groups excluding carboxylic acids is 1. The molecule has 3 atom stereocenters. The number of nitrogens with one attached hydrogen (secondary N) is 3. The molecule has 6 rings (SSSR count). The smallest absolute Gasteiger partial charge is 0.407 e. The molecule has 1 aromatic carbocycles. The highest BCUT2D eigenvalue weighted by Gasteiger charge is 2.43. The van der Waals surface area contributed by atoms with E-state index in [1.807, 2.05) is 31.2 Å². The van der Waals surface area contributed by atoms with Crippen LogP contribution in [0, 0.1) is 0 Å². The van der Waals surface area contributed by atoms with Crippen LogP contribution in [-0.2, 0) is 11.3 Å². The number of fused-ring (bicyclic) bond motifs is 1. The van der Waals surface area contributed by atoms with Gasteiger partial charge in [0.2, 0.25) is 0 Å². The molecule has 39 heavy (non-hydrogen) atoms. The lowest BCUT2D eigenvalue weighted by Crippen LogP contribution is -2.38. The summed E-state index contributed by atoms with van der Waals surface area (Å²) in [6, 6.07) is 11.0. The Kier molecular flexibility index (Phi) is 6.34. The van der Waals surface area contributed by atoms with Crippen LogP contribution in [0.1, 0.15) is 49.9 Å². The number of aliphatic hydroxyl groups is 1. The molecular weight excluding hydrogens is 505 g/mol. The number of aromatic nitrogens is 5. The molecule has 2 aliphatic carbocycles. The molecule has 11 nitrogen and oxygen atoms in total. The third-order valence-electron chi connectivity index (χ3n) is 7.44. The third-order valence-corrected chi connectivity index (χ3v) is 7.44. The van der Waals surface area contributed by atoms with Crippen molar-refractivity contribution in [1.82, 2.24) is 30.1 Å². The van der Waals surface area contributed by atoms with Crippen LogP contribution in [0.4, 0.5) is 20.8 Å².